The summed E-state index contributed by atoms with van der Waals surface area (Å²) in [5.41, 5.74) is 0.727. The molecular weight excluding hydrogens is 364 g/mol. The van der Waals surface area contributed by atoms with Crippen molar-refractivity contribution >= 4 is 21.6 Å². The number of rotatable bonds is 8. The molecule has 2 rings (SSSR count). The first kappa shape index (κ1) is 21.1. The van der Waals surface area contributed by atoms with Crippen LogP contribution in [-0.2, 0) is 26.0 Å². The minimum absolute atomic E-state index is 0.0255. The molecule has 6 nitrogen and oxygen atoms in total. The molecule has 2 N–H and O–H groups in total. The van der Waals surface area contributed by atoms with Crippen LogP contribution in [0.4, 0.5) is 5.69 Å². The number of sulfonamides is 1. The minimum Gasteiger partial charge on any atom is -0.371 e. The minimum atomic E-state index is -3.76. The molecule has 146 valence electrons. The number of para-hydroxylation sites is 1. The Bertz CT molecular complexity index is 859. The zero-order chi connectivity index (χ0) is 19.9. The number of anilines is 1. The van der Waals surface area contributed by atoms with E-state index in [-0.39, 0.29) is 17.2 Å². The fraction of sp³-hybridized carbons (Fsp3) is 0.350. The van der Waals surface area contributed by atoms with Gasteiger partial charge in [-0.2, -0.15) is 0 Å². The molecule has 0 aromatic heterocycles. The van der Waals surface area contributed by atoms with Gasteiger partial charge in [0, 0.05) is 5.54 Å². The first-order valence-electron chi connectivity index (χ1n) is 8.72. The predicted molar refractivity (Wildman–Crippen MR) is 106 cm³/mol. The Morgan fingerprint density at radius 2 is 1.63 bits per heavy atom. The first-order chi connectivity index (χ1) is 12.7. The maximum atomic E-state index is 12.6. The molecule has 2 aromatic carbocycles. The smallest absolute Gasteiger partial charge is 0.250 e. The SMILES string of the molecule is CC(C)(C)NS(=O)(=O)c1ccccc1NC(=O)COCCc1ccccc1. The lowest BCUT2D eigenvalue weighted by atomic mass is 10.1. The van der Waals surface area contributed by atoms with Crippen LogP contribution in [0.1, 0.15) is 26.3 Å². The number of ether oxygens (including phenoxy) is 1. The summed E-state index contributed by atoms with van der Waals surface area (Å²) in [6.07, 6.45) is 0.703. The molecule has 0 atom stereocenters. The van der Waals surface area contributed by atoms with E-state index in [1.54, 1.807) is 39.0 Å². The lowest BCUT2D eigenvalue weighted by Gasteiger charge is -2.21. The summed E-state index contributed by atoms with van der Waals surface area (Å²) < 4.78 is 33.1. The second-order valence-electron chi connectivity index (χ2n) is 7.19. The van der Waals surface area contributed by atoms with Gasteiger partial charge in [0.15, 0.2) is 0 Å². The molecule has 0 aliphatic carbocycles. The average molecular weight is 391 g/mol. The third kappa shape index (κ3) is 7.13. The van der Waals surface area contributed by atoms with Crippen LogP contribution in [0.5, 0.6) is 0 Å². The molecule has 1 amide bonds. The van der Waals surface area contributed by atoms with Crippen molar-refractivity contribution in [3.05, 3.63) is 60.2 Å². The zero-order valence-corrected chi connectivity index (χ0v) is 16.7. The molecular formula is C20H26N2O4S. The molecule has 0 fully saturated rings. The van der Waals surface area contributed by atoms with E-state index in [1.165, 1.54) is 6.07 Å². The molecule has 2 aromatic rings. The quantitative estimate of drug-likeness (QED) is 0.679. The molecule has 0 saturated heterocycles. The van der Waals surface area contributed by atoms with Gasteiger partial charge in [-0.05, 0) is 44.9 Å². The second kappa shape index (κ2) is 9.12. The van der Waals surface area contributed by atoms with E-state index in [1.807, 2.05) is 30.3 Å². The monoisotopic (exact) mass is 390 g/mol. The lowest BCUT2D eigenvalue weighted by Crippen LogP contribution is -2.40. The van der Waals surface area contributed by atoms with Gasteiger partial charge in [0.25, 0.3) is 0 Å². The number of hydrogen-bond acceptors (Lipinski definition) is 4. The third-order valence-corrected chi connectivity index (χ3v) is 5.32. The van der Waals surface area contributed by atoms with Gasteiger partial charge >= 0.3 is 0 Å². The highest BCUT2D eigenvalue weighted by atomic mass is 32.2. The normalized spacial score (nSPS) is 12.0. The molecule has 0 aliphatic rings. The molecule has 27 heavy (non-hydrogen) atoms. The van der Waals surface area contributed by atoms with Gasteiger partial charge in [-0.3, -0.25) is 4.79 Å². The van der Waals surface area contributed by atoms with Crippen LogP contribution < -0.4 is 10.0 Å². The van der Waals surface area contributed by atoms with E-state index in [0.717, 1.165) is 5.56 Å². The second-order valence-corrected chi connectivity index (χ2v) is 8.84. The summed E-state index contributed by atoms with van der Waals surface area (Å²) >= 11 is 0. The molecule has 0 saturated carbocycles. The Labute approximate surface area is 161 Å². The molecule has 7 heteroatoms. The molecule has 0 heterocycles. The van der Waals surface area contributed by atoms with E-state index < -0.39 is 21.5 Å². The molecule has 0 radical (unpaired) electrons. The first-order valence-corrected chi connectivity index (χ1v) is 10.2. The Morgan fingerprint density at radius 3 is 2.30 bits per heavy atom. The number of carbonyl (C=O) groups excluding carboxylic acids is 1. The van der Waals surface area contributed by atoms with E-state index >= 15 is 0 Å². The summed E-state index contributed by atoms with van der Waals surface area (Å²) in [4.78, 5) is 12.2. The average Bonchev–Trinajstić information content (AvgIpc) is 2.58. The van der Waals surface area contributed by atoms with Gasteiger partial charge < -0.3 is 10.1 Å². The van der Waals surface area contributed by atoms with E-state index in [4.69, 9.17) is 4.74 Å². The summed E-state index contributed by atoms with van der Waals surface area (Å²) in [7, 11) is -3.76. The van der Waals surface area contributed by atoms with Crippen LogP contribution >= 0.6 is 0 Å². The Hall–Kier alpha value is -2.22. The van der Waals surface area contributed by atoms with Crippen molar-refractivity contribution in [1.82, 2.24) is 4.72 Å². The standard InChI is InChI=1S/C20H26N2O4S/c1-20(2,3)22-27(24,25)18-12-8-7-11-17(18)21-19(23)15-26-14-13-16-9-5-4-6-10-16/h4-12,22H,13-15H2,1-3H3,(H,21,23). The van der Waals surface area contributed by atoms with Crippen LogP contribution in [0.25, 0.3) is 0 Å². The van der Waals surface area contributed by atoms with Crippen LogP contribution in [-0.4, -0.2) is 33.1 Å². The van der Waals surface area contributed by atoms with Crippen LogP contribution in [0, 0.1) is 0 Å². The number of nitrogens with one attached hydrogen (secondary N) is 2. The van der Waals surface area contributed by atoms with Crippen molar-refractivity contribution in [3.8, 4) is 0 Å². The number of amides is 1. The molecule has 0 unspecified atom stereocenters. The predicted octanol–water partition coefficient (Wildman–Crippen LogP) is 2.96. The van der Waals surface area contributed by atoms with Crippen molar-refractivity contribution in [2.75, 3.05) is 18.5 Å². The highest BCUT2D eigenvalue weighted by Crippen LogP contribution is 2.22. The van der Waals surface area contributed by atoms with Gasteiger partial charge in [-0.15, -0.1) is 0 Å². The maximum Gasteiger partial charge on any atom is 0.250 e. The van der Waals surface area contributed by atoms with Crippen molar-refractivity contribution in [3.63, 3.8) is 0 Å². The zero-order valence-electron chi connectivity index (χ0n) is 15.9. The van der Waals surface area contributed by atoms with Crippen LogP contribution in [0.15, 0.2) is 59.5 Å². The Morgan fingerprint density at radius 1 is 1.00 bits per heavy atom. The van der Waals surface area contributed by atoms with Gasteiger partial charge in [-0.25, -0.2) is 13.1 Å². The van der Waals surface area contributed by atoms with Gasteiger partial charge in [0.2, 0.25) is 15.9 Å². The summed E-state index contributed by atoms with van der Waals surface area (Å²) in [6.45, 7) is 5.53. The largest absolute Gasteiger partial charge is 0.371 e. The fourth-order valence-corrected chi connectivity index (χ4v) is 4.03. The highest BCUT2D eigenvalue weighted by molar-refractivity contribution is 7.89. The highest BCUT2D eigenvalue weighted by Gasteiger charge is 2.24. The molecule has 0 spiro atoms. The van der Waals surface area contributed by atoms with Crippen molar-refractivity contribution < 1.29 is 17.9 Å². The van der Waals surface area contributed by atoms with Crippen LogP contribution in [0.3, 0.4) is 0 Å². The molecule has 0 bridgehead atoms. The Balaban J connectivity index is 1.94. The van der Waals surface area contributed by atoms with Gasteiger partial charge in [0.05, 0.1) is 12.3 Å². The van der Waals surface area contributed by atoms with Crippen molar-refractivity contribution in [1.29, 1.82) is 0 Å². The summed E-state index contributed by atoms with van der Waals surface area (Å²) in [5.74, 6) is -0.401. The molecule has 0 aliphatic heterocycles. The number of benzene rings is 2. The topological polar surface area (TPSA) is 84.5 Å². The van der Waals surface area contributed by atoms with E-state index in [9.17, 15) is 13.2 Å². The van der Waals surface area contributed by atoms with E-state index in [0.29, 0.717) is 13.0 Å². The fourth-order valence-electron chi connectivity index (χ4n) is 2.45. The van der Waals surface area contributed by atoms with Gasteiger partial charge in [0.1, 0.15) is 11.5 Å². The lowest BCUT2D eigenvalue weighted by molar-refractivity contribution is -0.120. The maximum absolute atomic E-state index is 12.6. The van der Waals surface area contributed by atoms with E-state index in [2.05, 4.69) is 10.0 Å². The summed E-state index contributed by atoms with van der Waals surface area (Å²) in [6, 6.07) is 16.1. The third-order valence-electron chi connectivity index (χ3n) is 3.50. The van der Waals surface area contributed by atoms with Gasteiger partial charge in [-0.1, -0.05) is 42.5 Å². The number of hydrogen-bond donors (Lipinski definition) is 2. The van der Waals surface area contributed by atoms with Crippen LogP contribution in [0.2, 0.25) is 0 Å². The van der Waals surface area contributed by atoms with Crippen molar-refractivity contribution in [2.24, 2.45) is 0 Å². The summed E-state index contributed by atoms with van der Waals surface area (Å²) in [5, 5.41) is 2.62. The van der Waals surface area contributed by atoms with Crippen molar-refractivity contribution in [2.45, 2.75) is 37.6 Å². The Kier molecular flexibility index (Phi) is 7.12. The number of carbonyl (C=O) groups is 1.